The average Bonchev–Trinajstić information content (AvgIpc) is 2.28. The molecule has 0 radical (unpaired) electrons. The molecule has 1 aromatic rings. The van der Waals surface area contributed by atoms with Crippen LogP contribution in [-0.2, 0) is 9.53 Å². The van der Waals surface area contributed by atoms with Crippen LogP contribution in [0.25, 0.3) is 0 Å². The van der Waals surface area contributed by atoms with Crippen molar-refractivity contribution in [1.82, 2.24) is 0 Å². The van der Waals surface area contributed by atoms with E-state index >= 15 is 0 Å². The Morgan fingerprint density at radius 2 is 2.38 bits per heavy atom. The Morgan fingerprint density at radius 1 is 1.56 bits per heavy atom. The molecule has 1 rings (SSSR count). The smallest absolute Gasteiger partial charge is 0.344 e. The summed E-state index contributed by atoms with van der Waals surface area (Å²) in [4.78, 5) is 11.0. The third-order valence-electron chi connectivity index (χ3n) is 1.73. The lowest BCUT2D eigenvalue weighted by Gasteiger charge is -2.05. The highest BCUT2D eigenvalue weighted by Crippen LogP contribution is 2.11. The van der Waals surface area contributed by atoms with Gasteiger partial charge in [0.1, 0.15) is 5.75 Å². The number of oxime groups is 1. The van der Waals surface area contributed by atoms with E-state index in [-0.39, 0.29) is 6.61 Å². The monoisotopic (exact) mass is 223 g/mol. The van der Waals surface area contributed by atoms with Gasteiger partial charge in [0.15, 0.2) is 6.61 Å². The minimum atomic E-state index is -0.413. The Bertz CT molecular complexity index is 376. The van der Waals surface area contributed by atoms with Crippen LogP contribution in [0.4, 0.5) is 0 Å². The van der Waals surface area contributed by atoms with E-state index in [0.29, 0.717) is 17.9 Å². The Morgan fingerprint density at radius 3 is 3.06 bits per heavy atom. The molecule has 0 saturated carbocycles. The molecule has 1 N–H and O–H groups in total. The van der Waals surface area contributed by atoms with Gasteiger partial charge in [0.2, 0.25) is 0 Å². The number of ether oxygens (including phenoxy) is 2. The minimum absolute atomic E-state index is 0.131. The van der Waals surface area contributed by atoms with Gasteiger partial charge in [-0.15, -0.1) is 0 Å². The number of nitrogens with zero attached hydrogens (tertiary/aromatic N) is 1. The fourth-order valence-electron chi connectivity index (χ4n) is 1.10. The summed E-state index contributed by atoms with van der Waals surface area (Å²) >= 11 is 0. The molecular weight excluding hydrogens is 210 g/mol. The SMILES string of the molecule is CCOC(=O)COc1cccc(/C=N/O)c1. The summed E-state index contributed by atoms with van der Waals surface area (Å²) in [5.41, 5.74) is 0.684. The van der Waals surface area contributed by atoms with Crippen LogP contribution in [0, 0.1) is 0 Å². The minimum Gasteiger partial charge on any atom is -0.482 e. The van der Waals surface area contributed by atoms with E-state index in [4.69, 9.17) is 14.7 Å². The molecule has 0 aromatic heterocycles. The van der Waals surface area contributed by atoms with Crippen molar-refractivity contribution < 1.29 is 19.5 Å². The van der Waals surface area contributed by atoms with Crippen LogP contribution in [-0.4, -0.2) is 30.6 Å². The summed E-state index contributed by atoms with van der Waals surface area (Å²) in [6, 6.07) is 6.83. The summed E-state index contributed by atoms with van der Waals surface area (Å²) in [5, 5.41) is 11.3. The first-order valence-corrected chi connectivity index (χ1v) is 4.82. The predicted molar refractivity (Wildman–Crippen MR) is 58.0 cm³/mol. The van der Waals surface area contributed by atoms with Gasteiger partial charge in [-0.1, -0.05) is 17.3 Å². The predicted octanol–water partition coefficient (Wildman–Crippen LogP) is 1.44. The molecule has 1 aromatic carbocycles. The summed E-state index contributed by atoms with van der Waals surface area (Å²) < 4.78 is 9.90. The van der Waals surface area contributed by atoms with Gasteiger partial charge in [-0.3, -0.25) is 0 Å². The number of benzene rings is 1. The van der Waals surface area contributed by atoms with E-state index in [1.807, 2.05) is 0 Å². The molecule has 0 atom stereocenters. The lowest BCUT2D eigenvalue weighted by molar-refractivity contribution is -0.145. The summed E-state index contributed by atoms with van der Waals surface area (Å²) in [6.07, 6.45) is 1.28. The standard InChI is InChI=1S/C11H13NO4/c1-2-15-11(13)8-16-10-5-3-4-9(6-10)7-12-14/h3-7,14H,2,8H2,1H3/b12-7+. The lowest BCUT2D eigenvalue weighted by Crippen LogP contribution is -2.14. The fourth-order valence-corrected chi connectivity index (χ4v) is 1.10. The molecule has 0 heterocycles. The molecule has 0 saturated heterocycles. The third-order valence-corrected chi connectivity index (χ3v) is 1.73. The molecule has 0 aliphatic carbocycles. The first-order valence-electron chi connectivity index (χ1n) is 4.82. The van der Waals surface area contributed by atoms with Crippen molar-refractivity contribution in [2.24, 2.45) is 5.16 Å². The van der Waals surface area contributed by atoms with Gasteiger partial charge in [0, 0.05) is 0 Å². The highest BCUT2D eigenvalue weighted by molar-refractivity contribution is 5.79. The number of hydrogen-bond acceptors (Lipinski definition) is 5. The first kappa shape index (κ1) is 12.0. The van der Waals surface area contributed by atoms with Gasteiger partial charge in [0.05, 0.1) is 12.8 Å². The number of carbonyl (C=O) groups excluding carboxylic acids is 1. The second-order valence-electron chi connectivity index (χ2n) is 2.91. The van der Waals surface area contributed by atoms with Gasteiger partial charge < -0.3 is 14.7 Å². The van der Waals surface area contributed by atoms with Crippen LogP contribution in [0.2, 0.25) is 0 Å². The van der Waals surface area contributed by atoms with Crippen molar-refractivity contribution in [2.45, 2.75) is 6.92 Å². The summed E-state index contributed by atoms with van der Waals surface area (Å²) in [6.45, 7) is 1.93. The maximum atomic E-state index is 11.0. The molecule has 5 nitrogen and oxygen atoms in total. The Kier molecular flexibility index (Phi) is 4.85. The molecule has 0 aliphatic heterocycles. The van der Waals surface area contributed by atoms with Gasteiger partial charge >= 0.3 is 5.97 Å². The van der Waals surface area contributed by atoms with E-state index in [1.165, 1.54) is 6.21 Å². The third kappa shape index (κ3) is 4.00. The Hall–Kier alpha value is -2.04. The van der Waals surface area contributed by atoms with Gasteiger partial charge in [-0.2, -0.15) is 0 Å². The lowest BCUT2D eigenvalue weighted by atomic mass is 10.2. The average molecular weight is 223 g/mol. The van der Waals surface area contributed by atoms with Gasteiger partial charge in [-0.25, -0.2) is 4.79 Å². The van der Waals surface area contributed by atoms with E-state index < -0.39 is 5.97 Å². The van der Waals surface area contributed by atoms with Crippen LogP contribution in [0.5, 0.6) is 5.75 Å². The van der Waals surface area contributed by atoms with E-state index in [0.717, 1.165) is 0 Å². The number of hydrogen-bond donors (Lipinski definition) is 1. The highest BCUT2D eigenvalue weighted by Gasteiger charge is 2.02. The molecule has 0 spiro atoms. The Balaban J connectivity index is 2.53. The second kappa shape index (κ2) is 6.44. The molecular formula is C11H13NO4. The number of rotatable bonds is 5. The zero-order valence-corrected chi connectivity index (χ0v) is 8.92. The molecule has 16 heavy (non-hydrogen) atoms. The number of carbonyl (C=O) groups is 1. The van der Waals surface area contributed by atoms with Crippen molar-refractivity contribution in [3.8, 4) is 5.75 Å². The molecule has 0 unspecified atom stereocenters. The summed E-state index contributed by atoms with van der Waals surface area (Å²) in [7, 11) is 0. The van der Waals surface area contributed by atoms with Crippen molar-refractivity contribution >= 4 is 12.2 Å². The van der Waals surface area contributed by atoms with Crippen LogP contribution in [0.1, 0.15) is 12.5 Å². The van der Waals surface area contributed by atoms with E-state index in [2.05, 4.69) is 5.16 Å². The molecule has 0 fully saturated rings. The zero-order chi connectivity index (χ0) is 11.8. The van der Waals surface area contributed by atoms with Gasteiger partial charge in [-0.05, 0) is 24.6 Å². The topological polar surface area (TPSA) is 68.1 Å². The maximum Gasteiger partial charge on any atom is 0.344 e. The van der Waals surface area contributed by atoms with Crippen molar-refractivity contribution in [2.75, 3.05) is 13.2 Å². The van der Waals surface area contributed by atoms with Crippen LogP contribution >= 0.6 is 0 Å². The van der Waals surface area contributed by atoms with Crippen LogP contribution < -0.4 is 4.74 Å². The van der Waals surface area contributed by atoms with Crippen molar-refractivity contribution in [1.29, 1.82) is 0 Å². The molecule has 86 valence electrons. The number of esters is 1. The maximum absolute atomic E-state index is 11.0. The van der Waals surface area contributed by atoms with Crippen molar-refractivity contribution in [3.05, 3.63) is 29.8 Å². The van der Waals surface area contributed by atoms with Crippen LogP contribution in [0.3, 0.4) is 0 Å². The second-order valence-corrected chi connectivity index (χ2v) is 2.91. The molecule has 5 heteroatoms. The molecule has 0 aliphatic rings. The zero-order valence-electron chi connectivity index (χ0n) is 8.92. The first-order chi connectivity index (χ1) is 7.76. The van der Waals surface area contributed by atoms with Gasteiger partial charge in [0.25, 0.3) is 0 Å². The fraction of sp³-hybridized carbons (Fsp3) is 0.273. The molecule has 0 amide bonds. The largest absolute Gasteiger partial charge is 0.482 e. The highest BCUT2D eigenvalue weighted by atomic mass is 16.6. The Labute approximate surface area is 93.3 Å². The van der Waals surface area contributed by atoms with E-state index in [1.54, 1.807) is 31.2 Å². The van der Waals surface area contributed by atoms with Crippen molar-refractivity contribution in [3.63, 3.8) is 0 Å². The van der Waals surface area contributed by atoms with Crippen LogP contribution in [0.15, 0.2) is 29.4 Å². The summed E-state index contributed by atoms with van der Waals surface area (Å²) in [5.74, 6) is 0.106. The normalized spacial score (nSPS) is 10.3. The van der Waals surface area contributed by atoms with E-state index in [9.17, 15) is 4.79 Å². The quantitative estimate of drug-likeness (QED) is 0.355. The molecule has 0 bridgehead atoms.